The highest BCUT2D eigenvalue weighted by Gasteiger charge is 2.09. The molecule has 7 heteroatoms. The first kappa shape index (κ1) is 21.4. The van der Waals surface area contributed by atoms with Crippen molar-refractivity contribution in [3.05, 3.63) is 59.7 Å². The predicted molar refractivity (Wildman–Crippen MR) is 115 cm³/mol. The molecule has 1 unspecified atom stereocenters. The summed E-state index contributed by atoms with van der Waals surface area (Å²) >= 11 is 5.18. The van der Waals surface area contributed by atoms with Crippen LogP contribution in [0, 0.1) is 0 Å². The van der Waals surface area contributed by atoms with Crippen LogP contribution in [0.1, 0.15) is 36.2 Å². The van der Waals surface area contributed by atoms with Crippen LogP contribution >= 0.6 is 12.2 Å². The van der Waals surface area contributed by atoms with Gasteiger partial charge in [-0.2, -0.15) is 0 Å². The lowest BCUT2D eigenvalue weighted by molar-refractivity contribution is -0.119. The van der Waals surface area contributed by atoms with E-state index in [2.05, 4.69) is 16.0 Å². The molecule has 0 aliphatic carbocycles. The molecule has 0 bridgehead atoms. The summed E-state index contributed by atoms with van der Waals surface area (Å²) in [5.74, 6) is 0.408. The number of hydrogen-bond donors (Lipinski definition) is 3. The molecule has 0 aromatic heterocycles. The van der Waals surface area contributed by atoms with Gasteiger partial charge in [-0.25, -0.2) is 0 Å². The molecule has 0 spiro atoms. The molecular weight excluding hydrogens is 374 g/mol. The first-order valence-corrected chi connectivity index (χ1v) is 9.46. The molecule has 2 rings (SSSR count). The highest BCUT2D eigenvalue weighted by Crippen LogP contribution is 2.12. The fourth-order valence-corrected chi connectivity index (χ4v) is 2.61. The molecular formula is C21H25N3O3S. The molecule has 2 amide bonds. The lowest BCUT2D eigenvalue weighted by Gasteiger charge is -2.12. The molecule has 148 valence electrons. The molecule has 28 heavy (non-hydrogen) atoms. The second-order valence-corrected chi connectivity index (χ2v) is 6.80. The second-order valence-electron chi connectivity index (χ2n) is 6.39. The molecule has 2 aromatic carbocycles. The second kappa shape index (κ2) is 10.4. The van der Waals surface area contributed by atoms with Crippen molar-refractivity contribution in [3.8, 4) is 5.75 Å². The van der Waals surface area contributed by atoms with E-state index in [1.807, 2.05) is 26.0 Å². The number of hydrogen-bond acceptors (Lipinski definition) is 4. The van der Waals surface area contributed by atoms with Crippen LogP contribution in [0.2, 0.25) is 0 Å². The average Bonchev–Trinajstić information content (AvgIpc) is 2.68. The Labute approximate surface area is 170 Å². The SMILES string of the molecule is CCC(C)NC(=O)c1ccc(NC(=S)NC(=O)Cc2ccc(OC)cc2)cc1. The third-order valence-corrected chi connectivity index (χ3v) is 4.38. The summed E-state index contributed by atoms with van der Waals surface area (Å²) in [6.45, 7) is 3.97. The summed E-state index contributed by atoms with van der Waals surface area (Å²) in [5.41, 5.74) is 2.12. The number of methoxy groups -OCH3 is 1. The Morgan fingerprint density at radius 3 is 2.29 bits per heavy atom. The van der Waals surface area contributed by atoms with Crippen LogP contribution in [0.3, 0.4) is 0 Å². The summed E-state index contributed by atoms with van der Waals surface area (Å²) in [6.07, 6.45) is 1.08. The van der Waals surface area contributed by atoms with Gasteiger partial charge in [0.2, 0.25) is 5.91 Å². The Morgan fingerprint density at radius 2 is 1.71 bits per heavy atom. The van der Waals surface area contributed by atoms with Crippen molar-refractivity contribution >= 4 is 34.8 Å². The van der Waals surface area contributed by atoms with Gasteiger partial charge in [0.05, 0.1) is 13.5 Å². The highest BCUT2D eigenvalue weighted by atomic mass is 32.1. The van der Waals surface area contributed by atoms with Gasteiger partial charge < -0.3 is 20.7 Å². The largest absolute Gasteiger partial charge is 0.497 e. The smallest absolute Gasteiger partial charge is 0.251 e. The fraction of sp³-hybridized carbons (Fsp3) is 0.286. The van der Waals surface area contributed by atoms with E-state index in [1.54, 1.807) is 43.5 Å². The minimum absolute atomic E-state index is 0.115. The number of nitrogens with one attached hydrogen (secondary N) is 3. The minimum atomic E-state index is -0.216. The Kier molecular flexibility index (Phi) is 7.95. The predicted octanol–water partition coefficient (Wildman–Crippen LogP) is 3.28. The minimum Gasteiger partial charge on any atom is -0.497 e. The number of benzene rings is 2. The van der Waals surface area contributed by atoms with Gasteiger partial charge in [0.1, 0.15) is 5.75 Å². The van der Waals surface area contributed by atoms with Crippen molar-refractivity contribution in [1.29, 1.82) is 0 Å². The molecule has 0 heterocycles. The molecule has 0 saturated carbocycles. The van der Waals surface area contributed by atoms with Gasteiger partial charge in [0, 0.05) is 17.3 Å². The number of ether oxygens (including phenoxy) is 1. The van der Waals surface area contributed by atoms with E-state index in [4.69, 9.17) is 17.0 Å². The summed E-state index contributed by atoms with van der Waals surface area (Å²) in [6, 6.07) is 14.3. The number of carbonyl (C=O) groups is 2. The van der Waals surface area contributed by atoms with E-state index in [0.29, 0.717) is 11.3 Å². The van der Waals surface area contributed by atoms with E-state index < -0.39 is 0 Å². The molecule has 0 saturated heterocycles. The summed E-state index contributed by atoms with van der Waals surface area (Å²) < 4.78 is 5.10. The first-order chi connectivity index (χ1) is 13.4. The van der Waals surface area contributed by atoms with Crippen molar-refractivity contribution in [3.63, 3.8) is 0 Å². The van der Waals surface area contributed by atoms with Crippen LogP contribution in [-0.4, -0.2) is 30.1 Å². The van der Waals surface area contributed by atoms with Crippen LogP contribution in [0.25, 0.3) is 0 Å². The quantitative estimate of drug-likeness (QED) is 0.623. The van der Waals surface area contributed by atoms with Gasteiger partial charge in [0.25, 0.3) is 5.91 Å². The molecule has 1 atom stereocenters. The lowest BCUT2D eigenvalue weighted by atomic mass is 10.1. The maximum Gasteiger partial charge on any atom is 0.251 e. The van der Waals surface area contributed by atoms with Crippen LogP contribution in [0.4, 0.5) is 5.69 Å². The molecule has 0 fully saturated rings. The number of thiocarbonyl (C=S) groups is 1. The van der Waals surface area contributed by atoms with Crippen molar-refractivity contribution in [2.24, 2.45) is 0 Å². The van der Waals surface area contributed by atoms with E-state index >= 15 is 0 Å². The summed E-state index contributed by atoms with van der Waals surface area (Å²) in [7, 11) is 1.59. The zero-order valence-corrected chi connectivity index (χ0v) is 17.1. The number of rotatable bonds is 7. The van der Waals surface area contributed by atoms with Gasteiger partial charge >= 0.3 is 0 Å². The van der Waals surface area contributed by atoms with E-state index in [9.17, 15) is 9.59 Å². The Bertz CT molecular complexity index is 820. The third-order valence-electron chi connectivity index (χ3n) is 4.17. The Hall–Kier alpha value is -2.93. The molecule has 2 aromatic rings. The summed E-state index contributed by atoms with van der Waals surface area (Å²) in [4.78, 5) is 24.2. The fourth-order valence-electron chi connectivity index (χ4n) is 2.38. The molecule has 0 aliphatic heterocycles. The van der Waals surface area contributed by atoms with Crippen molar-refractivity contribution in [2.75, 3.05) is 12.4 Å². The van der Waals surface area contributed by atoms with E-state index in [0.717, 1.165) is 17.7 Å². The van der Waals surface area contributed by atoms with Crippen molar-refractivity contribution in [2.45, 2.75) is 32.7 Å². The Balaban J connectivity index is 1.84. The molecule has 6 nitrogen and oxygen atoms in total. The third kappa shape index (κ3) is 6.66. The van der Waals surface area contributed by atoms with Crippen LogP contribution in [-0.2, 0) is 11.2 Å². The standard InChI is InChI=1S/C21H25N3O3S/c1-4-14(2)22-20(26)16-7-9-17(10-8-16)23-21(28)24-19(25)13-15-5-11-18(27-3)12-6-15/h5-12,14H,4,13H2,1-3H3,(H,22,26)(H2,23,24,25,28). The van der Waals surface area contributed by atoms with Gasteiger partial charge in [-0.1, -0.05) is 19.1 Å². The van der Waals surface area contributed by atoms with Gasteiger partial charge in [-0.3, -0.25) is 9.59 Å². The molecule has 0 radical (unpaired) electrons. The number of amides is 2. The maximum atomic E-state index is 12.1. The topological polar surface area (TPSA) is 79.5 Å². The monoisotopic (exact) mass is 399 g/mol. The molecule has 0 aliphatic rings. The normalized spacial score (nSPS) is 11.2. The highest BCUT2D eigenvalue weighted by molar-refractivity contribution is 7.80. The number of anilines is 1. The number of carbonyl (C=O) groups excluding carboxylic acids is 2. The van der Waals surface area contributed by atoms with Crippen molar-refractivity contribution < 1.29 is 14.3 Å². The van der Waals surface area contributed by atoms with Crippen LogP contribution in [0.15, 0.2) is 48.5 Å². The lowest BCUT2D eigenvalue weighted by Crippen LogP contribution is -2.35. The zero-order chi connectivity index (χ0) is 20.5. The van der Waals surface area contributed by atoms with Crippen LogP contribution < -0.4 is 20.7 Å². The Morgan fingerprint density at radius 1 is 1.07 bits per heavy atom. The summed E-state index contributed by atoms with van der Waals surface area (Å²) in [5, 5.41) is 8.71. The zero-order valence-electron chi connectivity index (χ0n) is 16.2. The van der Waals surface area contributed by atoms with E-state index in [1.165, 1.54) is 0 Å². The maximum absolute atomic E-state index is 12.1. The van der Waals surface area contributed by atoms with Crippen LogP contribution in [0.5, 0.6) is 5.75 Å². The van der Waals surface area contributed by atoms with Crippen molar-refractivity contribution in [1.82, 2.24) is 10.6 Å². The first-order valence-electron chi connectivity index (χ1n) is 9.06. The van der Waals surface area contributed by atoms with Gasteiger partial charge in [-0.15, -0.1) is 0 Å². The molecule has 3 N–H and O–H groups in total. The van der Waals surface area contributed by atoms with E-state index in [-0.39, 0.29) is 29.4 Å². The van der Waals surface area contributed by atoms with Gasteiger partial charge in [0.15, 0.2) is 5.11 Å². The van der Waals surface area contributed by atoms with Gasteiger partial charge in [-0.05, 0) is 67.5 Å². The average molecular weight is 400 g/mol.